The van der Waals surface area contributed by atoms with Crippen LogP contribution >= 0.6 is 0 Å². The van der Waals surface area contributed by atoms with Crippen molar-refractivity contribution < 1.29 is 23.1 Å². The molecule has 4 N–H and O–H groups in total. The van der Waals surface area contributed by atoms with Crippen LogP contribution in [0.3, 0.4) is 0 Å². The predicted molar refractivity (Wildman–Crippen MR) is 59.5 cm³/mol. The van der Waals surface area contributed by atoms with Crippen LogP contribution in [0.5, 0.6) is 0 Å². The summed E-state index contributed by atoms with van der Waals surface area (Å²) in [6.45, 7) is 2.43. The average Bonchev–Trinajstić information content (AvgIpc) is 2.63. The second-order valence-corrected chi connectivity index (χ2v) is 5.30. The standard InChI is InChI=1S/C8H17N3O5S/c1-2-16-7(12)11-17(14,15)10-6-8(13)3-4-9-5-8/h9-10,13H,2-6H2,1H3,(H,11,12). The first-order chi connectivity index (χ1) is 7.87. The van der Waals surface area contributed by atoms with Crippen molar-refractivity contribution in [3.63, 3.8) is 0 Å². The number of rotatable bonds is 5. The Morgan fingerprint density at radius 3 is 2.82 bits per heavy atom. The van der Waals surface area contributed by atoms with Crippen molar-refractivity contribution in [3.8, 4) is 0 Å². The molecule has 0 bridgehead atoms. The van der Waals surface area contributed by atoms with Gasteiger partial charge in [0.05, 0.1) is 12.2 Å². The minimum atomic E-state index is -3.99. The van der Waals surface area contributed by atoms with E-state index in [1.54, 1.807) is 11.6 Å². The van der Waals surface area contributed by atoms with Crippen molar-refractivity contribution in [1.29, 1.82) is 0 Å². The highest BCUT2D eigenvalue weighted by molar-refractivity contribution is 7.88. The number of carbonyl (C=O) groups is 1. The first-order valence-corrected chi connectivity index (χ1v) is 6.72. The summed E-state index contributed by atoms with van der Waals surface area (Å²) in [4.78, 5) is 10.9. The Morgan fingerprint density at radius 2 is 2.29 bits per heavy atom. The minimum absolute atomic E-state index is 0.0786. The highest BCUT2D eigenvalue weighted by atomic mass is 32.2. The first-order valence-electron chi connectivity index (χ1n) is 5.24. The summed E-state index contributed by atoms with van der Waals surface area (Å²) in [5.41, 5.74) is -1.11. The Labute approximate surface area is 99.9 Å². The van der Waals surface area contributed by atoms with Crippen LogP contribution in [-0.4, -0.2) is 51.5 Å². The summed E-state index contributed by atoms with van der Waals surface area (Å²) < 4.78 is 30.9. The Bertz CT molecular complexity index is 363. The molecule has 100 valence electrons. The molecule has 0 aromatic heterocycles. The van der Waals surface area contributed by atoms with Gasteiger partial charge in [0.1, 0.15) is 0 Å². The fraction of sp³-hybridized carbons (Fsp3) is 0.875. The van der Waals surface area contributed by atoms with Gasteiger partial charge in [-0.15, -0.1) is 0 Å². The molecule has 1 aliphatic heterocycles. The van der Waals surface area contributed by atoms with Gasteiger partial charge in [0.2, 0.25) is 0 Å². The SMILES string of the molecule is CCOC(=O)NS(=O)(=O)NCC1(O)CCNC1. The number of carbonyl (C=O) groups excluding carboxylic acids is 1. The van der Waals surface area contributed by atoms with Gasteiger partial charge in [-0.1, -0.05) is 0 Å². The molecule has 17 heavy (non-hydrogen) atoms. The molecule has 0 spiro atoms. The van der Waals surface area contributed by atoms with E-state index in [0.29, 0.717) is 19.5 Å². The monoisotopic (exact) mass is 267 g/mol. The van der Waals surface area contributed by atoms with Gasteiger partial charge in [-0.05, 0) is 19.9 Å². The molecule has 1 rings (SSSR count). The van der Waals surface area contributed by atoms with E-state index in [-0.39, 0.29) is 13.2 Å². The molecule has 1 unspecified atom stereocenters. The van der Waals surface area contributed by atoms with E-state index in [0.717, 1.165) is 0 Å². The lowest BCUT2D eigenvalue weighted by Crippen LogP contribution is -2.49. The van der Waals surface area contributed by atoms with Crippen molar-refractivity contribution in [2.45, 2.75) is 18.9 Å². The summed E-state index contributed by atoms with van der Waals surface area (Å²) in [5, 5.41) is 12.8. The van der Waals surface area contributed by atoms with Crippen LogP contribution in [0.1, 0.15) is 13.3 Å². The average molecular weight is 267 g/mol. The van der Waals surface area contributed by atoms with E-state index in [9.17, 15) is 18.3 Å². The fourth-order valence-corrected chi connectivity index (χ4v) is 2.23. The molecule has 0 saturated carbocycles. The molecular formula is C8H17N3O5S. The van der Waals surface area contributed by atoms with E-state index < -0.39 is 21.9 Å². The van der Waals surface area contributed by atoms with E-state index in [1.807, 2.05) is 0 Å². The van der Waals surface area contributed by atoms with Crippen LogP contribution < -0.4 is 14.8 Å². The zero-order chi connectivity index (χ0) is 12.9. The number of aliphatic hydroxyl groups is 1. The Hall–Kier alpha value is -0.900. The molecule has 0 aromatic carbocycles. The number of hydrogen-bond acceptors (Lipinski definition) is 6. The van der Waals surface area contributed by atoms with Gasteiger partial charge >= 0.3 is 16.3 Å². The summed E-state index contributed by atoms with van der Waals surface area (Å²) >= 11 is 0. The normalized spacial score (nSPS) is 24.6. The Morgan fingerprint density at radius 1 is 1.59 bits per heavy atom. The summed E-state index contributed by atoms with van der Waals surface area (Å²) in [7, 11) is -3.99. The van der Waals surface area contributed by atoms with Gasteiger partial charge in [0.15, 0.2) is 0 Å². The van der Waals surface area contributed by atoms with Crippen LogP contribution in [-0.2, 0) is 14.9 Å². The maximum atomic E-state index is 11.4. The quantitative estimate of drug-likeness (QED) is 0.471. The molecular weight excluding hydrogens is 250 g/mol. The lowest BCUT2D eigenvalue weighted by molar-refractivity contribution is 0.0666. The molecule has 1 amide bonds. The lowest BCUT2D eigenvalue weighted by Gasteiger charge is -2.21. The van der Waals surface area contributed by atoms with Crippen molar-refractivity contribution in [2.75, 3.05) is 26.2 Å². The van der Waals surface area contributed by atoms with Gasteiger partial charge in [-0.25, -0.2) is 9.52 Å². The third-order valence-corrected chi connectivity index (χ3v) is 3.27. The van der Waals surface area contributed by atoms with E-state index in [2.05, 4.69) is 14.8 Å². The number of β-amino-alcohol motifs (C(OH)–C–C–N with tert-alkyl or cyclic N) is 1. The first kappa shape index (κ1) is 14.2. The van der Waals surface area contributed by atoms with E-state index in [1.165, 1.54) is 0 Å². The zero-order valence-corrected chi connectivity index (χ0v) is 10.3. The van der Waals surface area contributed by atoms with Gasteiger partial charge in [-0.2, -0.15) is 13.1 Å². The molecule has 1 atom stereocenters. The lowest BCUT2D eigenvalue weighted by atomic mass is 10.1. The molecule has 1 saturated heterocycles. The van der Waals surface area contributed by atoms with Gasteiger partial charge in [0, 0.05) is 13.1 Å². The zero-order valence-electron chi connectivity index (χ0n) is 9.52. The molecule has 1 aliphatic rings. The predicted octanol–water partition coefficient (Wildman–Crippen LogP) is -1.71. The molecule has 0 aliphatic carbocycles. The van der Waals surface area contributed by atoms with Crippen LogP contribution in [0, 0.1) is 0 Å². The molecule has 1 fully saturated rings. The summed E-state index contributed by atoms with van der Waals surface area (Å²) in [6.07, 6.45) is -0.592. The molecule has 8 nitrogen and oxygen atoms in total. The van der Waals surface area contributed by atoms with Crippen molar-refractivity contribution >= 4 is 16.3 Å². The molecule has 0 aromatic rings. The van der Waals surface area contributed by atoms with Gasteiger partial charge < -0.3 is 15.2 Å². The maximum Gasteiger partial charge on any atom is 0.421 e. The third kappa shape index (κ3) is 4.86. The topological polar surface area (TPSA) is 117 Å². The third-order valence-electron chi connectivity index (χ3n) is 2.31. The molecule has 0 radical (unpaired) electrons. The van der Waals surface area contributed by atoms with Crippen molar-refractivity contribution in [3.05, 3.63) is 0 Å². The second kappa shape index (κ2) is 5.63. The minimum Gasteiger partial charge on any atom is -0.449 e. The largest absolute Gasteiger partial charge is 0.449 e. The van der Waals surface area contributed by atoms with Gasteiger partial charge in [0.25, 0.3) is 0 Å². The van der Waals surface area contributed by atoms with E-state index >= 15 is 0 Å². The Balaban J connectivity index is 2.41. The summed E-state index contributed by atoms with van der Waals surface area (Å²) in [5.74, 6) is 0. The van der Waals surface area contributed by atoms with Crippen LogP contribution in [0.25, 0.3) is 0 Å². The molecule has 1 heterocycles. The number of ether oxygens (including phenoxy) is 1. The van der Waals surface area contributed by atoms with Gasteiger partial charge in [-0.3, -0.25) is 0 Å². The number of hydrogen-bond donors (Lipinski definition) is 4. The van der Waals surface area contributed by atoms with Crippen LogP contribution in [0.2, 0.25) is 0 Å². The highest BCUT2D eigenvalue weighted by Gasteiger charge is 2.32. The highest BCUT2D eigenvalue weighted by Crippen LogP contribution is 2.12. The molecule has 9 heteroatoms. The summed E-state index contributed by atoms with van der Waals surface area (Å²) in [6, 6.07) is 0. The Kier molecular flexibility index (Phi) is 4.69. The fourth-order valence-electron chi connectivity index (χ4n) is 1.42. The maximum absolute atomic E-state index is 11.4. The van der Waals surface area contributed by atoms with Crippen LogP contribution in [0.15, 0.2) is 0 Å². The van der Waals surface area contributed by atoms with Crippen molar-refractivity contribution in [1.82, 2.24) is 14.8 Å². The number of nitrogens with one attached hydrogen (secondary N) is 3. The smallest absolute Gasteiger partial charge is 0.421 e. The number of amides is 1. The van der Waals surface area contributed by atoms with Crippen molar-refractivity contribution in [2.24, 2.45) is 0 Å². The van der Waals surface area contributed by atoms with Crippen LogP contribution in [0.4, 0.5) is 4.79 Å². The second-order valence-electron chi connectivity index (χ2n) is 3.80. The van der Waals surface area contributed by atoms with E-state index in [4.69, 9.17) is 0 Å².